The normalized spacial score (nSPS) is 18.1. The van der Waals surface area contributed by atoms with Crippen LogP contribution in [0.1, 0.15) is 107 Å². The summed E-state index contributed by atoms with van der Waals surface area (Å²) in [5, 5.41) is 0. The van der Waals surface area contributed by atoms with Gasteiger partial charge in [-0.15, -0.1) is 26.3 Å². The van der Waals surface area contributed by atoms with Crippen LogP contribution >= 0.6 is 0 Å². The fraction of sp³-hybridized carbons (Fsp3) is 0.543. The van der Waals surface area contributed by atoms with Crippen molar-refractivity contribution < 1.29 is 0 Å². The Morgan fingerprint density at radius 2 is 1.00 bits per heavy atom. The van der Waals surface area contributed by atoms with Crippen molar-refractivity contribution >= 4 is 0 Å². The summed E-state index contributed by atoms with van der Waals surface area (Å²) in [6, 6.07) is 13.8. The van der Waals surface area contributed by atoms with Gasteiger partial charge in [-0.05, 0) is 101 Å². The van der Waals surface area contributed by atoms with Crippen molar-refractivity contribution in [1.82, 2.24) is 0 Å². The van der Waals surface area contributed by atoms with Gasteiger partial charge in [0.2, 0.25) is 0 Å². The molecule has 2 aromatic rings. The van der Waals surface area contributed by atoms with Crippen LogP contribution in [0.2, 0.25) is 0 Å². The van der Waals surface area contributed by atoms with Gasteiger partial charge in [-0.3, -0.25) is 0 Å². The standard InChI is InChI=1S/C16H24.C15H22.2C2H4/c1-11(2)14-9-8-13-6-5-7-15(12(3)4)16(13)10-14;1-10(2)13-8-12-6-5-7-14(11(3)4)15(12)9-13;2*1-2/h5-7,11-12,14H,8-10H2,1-4H3;5-7,10-11,13H,8-9H2,1-4H3;2*1-2H2. The fourth-order valence-corrected chi connectivity index (χ4v) is 5.68. The van der Waals surface area contributed by atoms with E-state index in [0.717, 1.165) is 23.7 Å². The van der Waals surface area contributed by atoms with Gasteiger partial charge >= 0.3 is 0 Å². The third kappa shape index (κ3) is 8.23. The third-order valence-electron chi connectivity index (χ3n) is 7.95. The molecular weight excluding hydrogens is 420 g/mol. The molecule has 0 nitrogen and oxygen atoms in total. The SMILES string of the molecule is C=C.C=C.CC(C)c1cccc2c1CC(C(C)C)C2.CC(C)c1cccc2c1CC(C(C)C)CC2. The zero-order valence-electron chi connectivity index (χ0n) is 24.3. The second kappa shape index (κ2) is 15.1. The van der Waals surface area contributed by atoms with Crippen molar-refractivity contribution in [3.05, 3.63) is 96.1 Å². The maximum atomic E-state index is 3.00. The van der Waals surface area contributed by atoms with E-state index >= 15 is 0 Å². The molecule has 0 aromatic heterocycles. The highest BCUT2D eigenvalue weighted by Crippen LogP contribution is 2.36. The summed E-state index contributed by atoms with van der Waals surface area (Å²) < 4.78 is 0. The molecule has 0 radical (unpaired) electrons. The molecule has 2 atom stereocenters. The van der Waals surface area contributed by atoms with Crippen molar-refractivity contribution in [1.29, 1.82) is 0 Å². The van der Waals surface area contributed by atoms with E-state index in [2.05, 4.69) is 118 Å². The lowest BCUT2D eigenvalue weighted by molar-refractivity contribution is 0.341. The number of benzene rings is 2. The Kier molecular flexibility index (Phi) is 13.4. The van der Waals surface area contributed by atoms with Crippen LogP contribution in [0.15, 0.2) is 62.7 Å². The summed E-state index contributed by atoms with van der Waals surface area (Å²) in [6.45, 7) is 30.7. The summed E-state index contributed by atoms with van der Waals surface area (Å²) in [7, 11) is 0. The van der Waals surface area contributed by atoms with Crippen LogP contribution < -0.4 is 0 Å². The summed E-state index contributed by atoms with van der Waals surface area (Å²) in [4.78, 5) is 0. The number of fused-ring (bicyclic) bond motifs is 2. The van der Waals surface area contributed by atoms with Crippen molar-refractivity contribution in [2.24, 2.45) is 23.7 Å². The topological polar surface area (TPSA) is 0 Å². The predicted molar refractivity (Wildman–Crippen MR) is 160 cm³/mol. The van der Waals surface area contributed by atoms with Crippen LogP contribution in [0.4, 0.5) is 0 Å². The fourth-order valence-electron chi connectivity index (χ4n) is 5.68. The van der Waals surface area contributed by atoms with Gasteiger partial charge in [0.15, 0.2) is 0 Å². The molecule has 0 saturated carbocycles. The maximum Gasteiger partial charge on any atom is -0.0216 e. The first-order chi connectivity index (χ1) is 16.7. The Morgan fingerprint density at radius 1 is 0.571 bits per heavy atom. The molecule has 0 heteroatoms. The molecule has 35 heavy (non-hydrogen) atoms. The number of rotatable bonds is 4. The maximum absolute atomic E-state index is 3.00. The molecule has 2 aromatic carbocycles. The molecule has 0 fully saturated rings. The monoisotopic (exact) mass is 474 g/mol. The van der Waals surface area contributed by atoms with E-state index in [0.29, 0.717) is 11.8 Å². The van der Waals surface area contributed by atoms with Gasteiger partial charge in [-0.2, -0.15) is 0 Å². The summed E-state index contributed by atoms with van der Waals surface area (Å²) in [5.41, 5.74) is 9.72. The molecule has 2 aliphatic carbocycles. The Balaban J connectivity index is 0.000000307. The average Bonchev–Trinajstić information content (AvgIpc) is 3.31. The minimum atomic E-state index is 0.667. The van der Waals surface area contributed by atoms with Crippen molar-refractivity contribution in [3.63, 3.8) is 0 Å². The Morgan fingerprint density at radius 3 is 1.46 bits per heavy atom. The molecule has 4 rings (SSSR count). The Hall–Kier alpha value is -2.08. The lowest BCUT2D eigenvalue weighted by atomic mass is 9.75. The van der Waals surface area contributed by atoms with Crippen LogP contribution in [-0.2, 0) is 25.7 Å². The lowest BCUT2D eigenvalue weighted by Gasteiger charge is -2.30. The van der Waals surface area contributed by atoms with E-state index in [4.69, 9.17) is 0 Å². The summed E-state index contributed by atoms with van der Waals surface area (Å²) >= 11 is 0. The molecule has 0 aliphatic heterocycles. The van der Waals surface area contributed by atoms with E-state index in [1.165, 1.54) is 32.1 Å². The van der Waals surface area contributed by atoms with E-state index in [1.54, 1.807) is 33.4 Å². The van der Waals surface area contributed by atoms with Gasteiger partial charge < -0.3 is 0 Å². The lowest BCUT2D eigenvalue weighted by Crippen LogP contribution is -2.20. The van der Waals surface area contributed by atoms with Crippen LogP contribution in [0.25, 0.3) is 0 Å². The first-order valence-corrected chi connectivity index (χ1v) is 13.9. The minimum absolute atomic E-state index is 0.667. The van der Waals surface area contributed by atoms with Gasteiger partial charge in [0.1, 0.15) is 0 Å². The van der Waals surface area contributed by atoms with E-state index in [-0.39, 0.29) is 0 Å². The second-order valence-corrected chi connectivity index (χ2v) is 11.4. The quantitative estimate of drug-likeness (QED) is 0.386. The van der Waals surface area contributed by atoms with Gasteiger partial charge in [0.25, 0.3) is 0 Å². The van der Waals surface area contributed by atoms with Crippen molar-refractivity contribution in [2.75, 3.05) is 0 Å². The average molecular weight is 475 g/mol. The number of hydrogen-bond donors (Lipinski definition) is 0. The van der Waals surface area contributed by atoms with Crippen molar-refractivity contribution in [3.8, 4) is 0 Å². The first kappa shape index (κ1) is 31.0. The summed E-state index contributed by atoms with van der Waals surface area (Å²) in [5.74, 6) is 4.75. The van der Waals surface area contributed by atoms with Gasteiger partial charge in [0.05, 0.1) is 0 Å². The molecular formula is C35H54. The molecule has 0 amide bonds. The van der Waals surface area contributed by atoms with Gasteiger partial charge in [0, 0.05) is 0 Å². The largest absolute Gasteiger partial charge is 0.106 e. The second-order valence-electron chi connectivity index (χ2n) is 11.4. The highest BCUT2D eigenvalue weighted by atomic mass is 14.3. The minimum Gasteiger partial charge on any atom is -0.106 e. The molecule has 194 valence electrons. The molecule has 0 N–H and O–H groups in total. The smallest absolute Gasteiger partial charge is 0.0216 e. The van der Waals surface area contributed by atoms with E-state index in [9.17, 15) is 0 Å². The van der Waals surface area contributed by atoms with Crippen LogP contribution in [0.3, 0.4) is 0 Å². The molecule has 2 unspecified atom stereocenters. The number of hydrogen-bond acceptors (Lipinski definition) is 0. The highest BCUT2D eigenvalue weighted by molar-refractivity contribution is 5.41. The third-order valence-corrected chi connectivity index (χ3v) is 7.95. The first-order valence-electron chi connectivity index (χ1n) is 13.9. The molecule has 0 spiro atoms. The predicted octanol–water partition coefficient (Wildman–Crippen LogP) is 10.4. The van der Waals surface area contributed by atoms with Crippen LogP contribution in [0, 0.1) is 23.7 Å². The molecule has 0 heterocycles. The highest BCUT2D eigenvalue weighted by Gasteiger charge is 2.26. The Bertz CT molecular complexity index is 881. The zero-order chi connectivity index (χ0) is 26.7. The van der Waals surface area contributed by atoms with Gasteiger partial charge in [-0.1, -0.05) is 91.8 Å². The Labute approximate surface area is 219 Å². The number of aryl methyl sites for hydroxylation is 1. The molecule has 0 bridgehead atoms. The molecule has 0 saturated heterocycles. The van der Waals surface area contributed by atoms with Crippen molar-refractivity contribution in [2.45, 2.75) is 99.3 Å². The summed E-state index contributed by atoms with van der Waals surface area (Å²) in [6.07, 6.45) is 6.58. The van der Waals surface area contributed by atoms with E-state index in [1.807, 2.05) is 0 Å². The zero-order valence-corrected chi connectivity index (χ0v) is 24.3. The van der Waals surface area contributed by atoms with Gasteiger partial charge in [-0.25, -0.2) is 0 Å². The molecule has 2 aliphatic rings. The van der Waals surface area contributed by atoms with E-state index < -0.39 is 0 Å². The van der Waals surface area contributed by atoms with Crippen LogP contribution in [0.5, 0.6) is 0 Å². The van der Waals surface area contributed by atoms with Crippen LogP contribution in [-0.4, -0.2) is 0 Å².